The maximum Gasteiger partial charge on any atom is 0.165 e. The van der Waals surface area contributed by atoms with Gasteiger partial charge >= 0.3 is 0 Å². The molecule has 10 aromatic carbocycles. The summed E-state index contributed by atoms with van der Waals surface area (Å²) in [5, 5.41) is 12.0. The summed E-state index contributed by atoms with van der Waals surface area (Å²) in [5.41, 5.74) is 8.60. The van der Waals surface area contributed by atoms with Crippen molar-refractivity contribution >= 4 is 85.6 Å². The van der Waals surface area contributed by atoms with Crippen LogP contribution in [0.3, 0.4) is 0 Å². The van der Waals surface area contributed by atoms with E-state index in [1.807, 2.05) is 18.2 Å². The quantitative estimate of drug-likeness (QED) is 0.174. The molecule has 0 fully saturated rings. The number of fused-ring (bicyclic) bond motifs is 10. The van der Waals surface area contributed by atoms with Gasteiger partial charge in [-0.25, -0.2) is 15.0 Å². The van der Waals surface area contributed by atoms with Gasteiger partial charge in [0.05, 0.1) is 16.7 Å². The summed E-state index contributed by atoms with van der Waals surface area (Å²) >= 11 is 1.79. The zero-order chi connectivity index (χ0) is 40.7. The third kappa shape index (κ3) is 5.35. The SMILES string of the molecule is c1ccc(-c2nc(-c3ccc(-n4c5cc6ccccc6cc5c5c6ccccc6ccc54)c4c(-c5ccccc5)cccc34)nc(-c3cccc4c3sc3ccccc34)n2)cc1. The molecule has 13 rings (SSSR count). The molecular formula is C57H34N4S. The van der Waals surface area contributed by atoms with Crippen LogP contribution >= 0.6 is 11.3 Å². The van der Waals surface area contributed by atoms with E-state index in [1.54, 1.807) is 11.3 Å². The summed E-state index contributed by atoms with van der Waals surface area (Å²) in [5.74, 6) is 1.93. The molecule has 0 N–H and O–H groups in total. The van der Waals surface area contributed by atoms with E-state index in [2.05, 4.69) is 193 Å². The molecule has 0 radical (unpaired) electrons. The molecule has 62 heavy (non-hydrogen) atoms. The van der Waals surface area contributed by atoms with Crippen molar-refractivity contribution in [2.24, 2.45) is 0 Å². The average molecular weight is 807 g/mol. The van der Waals surface area contributed by atoms with E-state index < -0.39 is 0 Å². The van der Waals surface area contributed by atoms with Crippen molar-refractivity contribution in [2.75, 3.05) is 0 Å². The van der Waals surface area contributed by atoms with Gasteiger partial charge in [0, 0.05) is 53.0 Å². The van der Waals surface area contributed by atoms with Crippen LogP contribution in [0.15, 0.2) is 206 Å². The Hall–Kier alpha value is -7.99. The minimum absolute atomic E-state index is 0.632. The van der Waals surface area contributed by atoms with Gasteiger partial charge in [-0.05, 0) is 80.5 Å². The minimum Gasteiger partial charge on any atom is -0.309 e. The molecule has 5 heteroatoms. The fourth-order valence-electron chi connectivity index (χ4n) is 9.62. The van der Waals surface area contributed by atoms with Crippen LogP contribution in [0.25, 0.3) is 125 Å². The highest BCUT2D eigenvalue weighted by molar-refractivity contribution is 7.26. The molecule has 0 bridgehead atoms. The molecule has 0 unspecified atom stereocenters. The van der Waals surface area contributed by atoms with Gasteiger partial charge < -0.3 is 4.57 Å². The predicted molar refractivity (Wildman–Crippen MR) is 261 cm³/mol. The fraction of sp³-hybridized carbons (Fsp3) is 0. The van der Waals surface area contributed by atoms with E-state index >= 15 is 0 Å². The summed E-state index contributed by atoms with van der Waals surface area (Å²) < 4.78 is 4.90. The summed E-state index contributed by atoms with van der Waals surface area (Å²) in [6.45, 7) is 0. The standard InChI is InChI=1S/C57H34N4S/c1-3-15-35(16-4-1)41-24-13-25-43-45(56-58-55(37-18-5-2-6-19-37)59-57(60-56)46-27-14-26-44-42-23-11-12-28-51(42)62-54(44)46)30-32-49(52(41)43)61-48-31-29-36-17-9-10-22-40(36)53(48)47-33-38-20-7-8-21-39(38)34-50(47)61/h1-34H. The minimum atomic E-state index is 0.632. The van der Waals surface area contributed by atoms with Gasteiger partial charge in [0.25, 0.3) is 0 Å². The lowest BCUT2D eigenvalue weighted by atomic mass is 9.93. The highest BCUT2D eigenvalue weighted by Gasteiger charge is 2.23. The van der Waals surface area contributed by atoms with Gasteiger partial charge in [-0.3, -0.25) is 0 Å². The summed E-state index contributed by atoms with van der Waals surface area (Å²) in [6, 6.07) is 74.0. The van der Waals surface area contributed by atoms with Crippen molar-refractivity contribution in [3.05, 3.63) is 206 Å². The Morgan fingerprint density at radius 2 is 0.952 bits per heavy atom. The van der Waals surface area contributed by atoms with Crippen LogP contribution in [0.5, 0.6) is 0 Å². The van der Waals surface area contributed by atoms with Crippen molar-refractivity contribution in [1.29, 1.82) is 0 Å². The maximum absolute atomic E-state index is 5.41. The van der Waals surface area contributed by atoms with Crippen LogP contribution in [-0.4, -0.2) is 19.5 Å². The molecule has 13 aromatic rings. The van der Waals surface area contributed by atoms with E-state index in [-0.39, 0.29) is 0 Å². The Morgan fingerprint density at radius 1 is 0.339 bits per heavy atom. The van der Waals surface area contributed by atoms with Crippen LogP contribution in [0.4, 0.5) is 0 Å². The summed E-state index contributed by atoms with van der Waals surface area (Å²) in [4.78, 5) is 15.9. The van der Waals surface area contributed by atoms with Gasteiger partial charge in [0.2, 0.25) is 0 Å². The van der Waals surface area contributed by atoms with E-state index in [4.69, 9.17) is 15.0 Å². The molecule has 0 saturated heterocycles. The number of rotatable bonds is 5. The number of thiophene rings is 1. The molecular weight excluding hydrogens is 773 g/mol. The third-order valence-electron chi connectivity index (χ3n) is 12.4. The molecule has 0 aliphatic carbocycles. The Morgan fingerprint density at radius 3 is 1.76 bits per heavy atom. The first-order chi connectivity index (χ1) is 30.7. The zero-order valence-electron chi connectivity index (χ0n) is 33.3. The molecule has 0 amide bonds. The van der Waals surface area contributed by atoms with Gasteiger partial charge in [-0.2, -0.15) is 0 Å². The number of benzene rings is 10. The van der Waals surface area contributed by atoms with Crippen LogP contribution in [0.1, 0.15) is 0 Å². The summed E-state index contributed by atoms with van der Waals surface area (Å²) in [6.07, 6.45) is 0. The first-order valence-electron chi connectivity index (χ1n) is 20.9. The van der Waals surface area contributed by atoms with E-state index in [0.717, 1.165) is 55.3 Å². The Kier molecular flexibility index (Phi) is 7.74. The number of nitrogens with zero attached hydrogens (tertiary/aromatic N) is 4. The first kappa shape index (κ1) is 34.8. The van der Waals surface area contributed by atoms with E-state index in [1.165, 1.54) is 52.5 Å². The van der Waals surface area contributed by atoms with Gasteiger partial charge in [0.1, 0.15) is 0 Å². The van der Waals surface area contributed by atoms with Crippen LogP contribution in [-0.2, 0) is 0 Å². The normalized spacial score (nSPS) is 11.9. The van der Waals surface area contributed by atoms with Crippen LogP contribution in [0.2, 0.25) is 0 Å². The highest BCUT2D eigenvalue weighted by atomic mass is 32.1. The first-order valence-corrected chi connectivity index (χ1v) is 21.8. The second-order valence-electron chi connectivity index (χ2n) is 15.9. The topological polar surface area (TPSA) is 43.6 Å². The second-order valence-corrected chi connectivity index (χ2v) is 17.0. The maximum atomic E-state index is 5.41. The van der Waals surface area contributed by atoms with Crippen LogP contribution < -0.4 is 0 Å². The lowest BCUT2D eigenvalue weighted by molar-refractivity contribution is 1.08. The molecule has 0 aliphatic rings. The van der Waals surface area contributed by atoms with Crippen molar-refractivity contribution < 1.29 is 0 Å². The molecule has 3 heterocycles. The van der Waals surface area contributed by atoms with Crippen molar-refractivity contribution in [1.82, 2.24) is 19.5 Å². The molecule has 0 atom stereocenters. The second kappa shape index (κ2) is 13.8. The Labute approximate surface area is 360 Å². The number of hydrogen-bond acceptors (Lipinski definition) is 4. The van der Waals surface area contributed by atoms with E-state index in [0.29, 0.717) is 17.5 Å². The van der Waals surface area contributed by atoms with E-state index in [9.17, 15) is 0 Å². The molecule has 4 nitrogen and oxygen atoms in total. The smallest absolute Gasteiger partial charge is 0.165 e. The molecule has 3 aromatic heterocycles. The van der Waals surface area contributed by atoms with Gasteiger partial charge in [0.15, 0.2) is 17.5 Å². The molecule has 0 aliphatic heterocycles. The Bertz CT molecular complexity index is 3920. The monoisotopic (exact) mass is 806 g/mol. The average Bonchev–Trinajstić information content (AvgIpc) is 3.89. The molecule has 288 valence electrons. The number of aromatic nitrogens is 4. The fourth-order valence-corrected chi connectivity index (χ4v) is 10.8. The number of hydrogen-bond donors (Lipinski definition) is 0. The van der Waals surface area contributed by atoms with Crippen molar-refractivity contribution in [3.8, 4) is 51.0 Å². The Balaban J connectivity index is 1.13. The van der Waals surface area contributed by atoms with Gasteiger partial charge in [-0.1, -0.05) is 164 Å². The predicted octanol–water partition coefficient (Wildman–Crippen LogP) is 15.5. The molecule has 0 saturated carbocycles. The van der Waals surface area contributed by atoms with Crippen molar-refractivity contribution in [2.45, 2.75) is 0 Å². The lowest BCUT2D eigenvalue weighted by Gasteiger charge is -2.18. The largest absolute Gasteiger partial charge is 0.309 e. The van der Waals surface area contributed by atoms with Gasteiger partial charge in [-0.15, -0.1) is 11.3 Å². The highest BCUT2D eigenvalue weighted by Crippen LogP contribution is 2.45. The van der Waals surface area contributed by atoms with Crippen molar-refractivity contribution in [3.63, 3.8) is 0 Å². The molecule has 0 spiro atoms. The third-order valence-corrected chi connectivity index (χ3v) is 13.6. The summed E-state index contributed by atoms with van der Waals surface area (Å²) in [7, 11) is 0. The lowest BCUT2D eigenvalue weighted by Crippen LogP contribution is -2.02. The zero-order valence-corrected chi connectivity index (χ0v) is 34.1. The van der Waals surface area contributed by atoms with Crippen LogP contribution in [0, 0.1) is 0 Å².